The van der Waals surface area contributed by atoms with E-state index in [0.717, 1.165) is 17.7 Å². The number of aliphatic hydroxyl groups excluding tert-OH is 1. The maximum absolute atomic E-state index is 13.1. The van der Waals surface area contributed by atoms with E-state index in [-0.39, 0.29) is 53.7 Å². The van der Waals surface area contributed by atoms with E-state index in [4.69, 9.17) is 9.47 Å². The maximum Gasteiger partial charge on any atom is 0.306 e. The van der Waals surface area contributed by atoms with Gasteiger partial charge in [-0.2, -0.15) is 11.8 Å². The predicted molar refractivity (Wildman–Crippen MR) is 138 cm³/mol. The number of rotatable bonds is 8. The number of esters is 2. The molecule has 3 saturated carbocycles. The zero-order chi connectivity index (χ0) is 27.2. The number of hydrogen-bond donors (Lipinski definition) is 2. The summed E-state index contributed by atoms with van der Waals surface area (Å²) >= 11 is 1.67. The Morgan fingerprint density at radius 1 is 1.22 bits per heavy atom. The van der Waals surface area contributed by atoms with Gasteiger partial charge >= 0.3 is 11.9 Å². The standard InChI is InChI=1S/C28H40O8S/c1-16(29)36-14-23(32)28(34)9-6-20-19-11-17(15-37-10-7-24(33)35-4)21-12-18(30)5-8-26(21,2)25(19)22(31)13-27(20,28)3/h12,17,19-20,22,25,31,34H,5-11,13-15H2,1-4H3/t17?,19?,20?,22-,25?,26-,27-,28-/m0/s1. The average molecular weight is 537 g/mol. The summed E-state index contributed by atoms with van der Waals surface area (Å²) in [5.41, 5.74) is -1.73. The van der Waals surface area contributed by atoms with Gasteiger partial charge in [0.2, 0.25) is 5.78 Å². The van der Waals surface area contributed by atoms with Crippen molar-refractivity contribution in [3.8, 4) is 0 Å². The van der Waals surface area contributed by atoms with Gasteiger partial charge in [-0.1, -0.05) is 19.4 Å². The van der Waals surface area contributed by atoms with Crippen molar-refractivity contribution in [1.29, 1.82) is 0 Å². The lowest BCUT2D eigenvalue weighted by atomic mass is 9.44. The number of carbonyl (C=O) groups excluding carboxylic acids is 4. The summed E-state index contributed by atoms with van der Waals surface area (Å²) in [6.45, 7) is 4.85. The van der Waals surface area contributed by atoms with Gasteiger partial charge < -0.3 is 19.7 Å². The minimum atomic E-state index is -1.66. The zero-order valence-corrected chi connectivity index (χ0v) is 23.1. The molecule has 0 bridgehead atoms. The highest BCUT2D eigenvalue weighted by Crippen LogP contribution is 2.68. The van der Waals surface area contributed by atoms with Crippen LogP contribution in [-0.2, 0) is 28.7 Å². The molecule has 0 spiro atoms. The molecule has 4 rings (SSSR count). The third-order valence-electron chi connectivity index (χ3n) is 10.1. The Morgan fingerprint density at radius 3 is 2.62 bits per heavy atom. The summed E-state index contributed by atoms with van der Waals surface area (Å²) in [5, 5.41) is 23.4. The van der Waals surface area contributed by atoms with E-state index in [0.29, 0.717) is 31.4 Å². The minimum Gasteiger partial charge on any atom is -0.469 e. The van der Waals surface area contributed by atoms with Crippen molar-refractivity contribution in [2.24, 2.45) is 34.5 Å². The Morgan fingerprint density at radius 2 is 1.95 bits per heavy atom. The van der Waals surface area contributed by atoms with Crippen LogP contribution in [0, 0.1) is 34.5 Å². The summed E-state index contributed by atoms with van der Waals surface area (Å²) in [4.78, 5) is 48.5. The van der Waals surface area contributed by atoms with Crippen LogP contribution in [0.5, 0.6) is 0 Å². The second-order valence-electron chi connectivity index (χ2n) is 11.9. The number of ketones is 2. The van der Waals surface area contributed by atoms with Crippen LogP contribution in [0.2, 0.25) is 0 Å². The first-order chi connectivity index (χ1) is 17.4. The number of carbonyl (C=O) groups is 4. The van der Waals surface area contributed by atoms with E-state index < -0.39 is 35.5 Å². The molecule has 4 aliphatic rings. The van der Waals surface area contributed by atoms with Crippen LogP contribution in [0.15, 0.2) is 11.6 Å². The number of Topliss-reactive ketones (excluding diaryl/α,β-unsaturated/α-hetero) is 1. The lowest BCUT2D eigenvalue weighted by Gasteiger charge is -2.62. The van der Waals surface area contributed by atoms with Gasteiger partial charge in [-0.15, -0.1) is 0 Å². The second kappa shape index (κ2) is 10.5. The quantitative estimate of drug-likeness (QED) is 0.356. The highest BCUT2D eigenvalue weighted by atomic mass is 32.2. The monoisotopic (exact) mass is 536 g/mol. The van der Waals surface area contributed by atoms with Gasteiger partial charge in [0.15, 0.2) is 12.4 Å². The second-order valence-corrected chi connectivity index (χ2v) is 13.1. The lowest BCUT2D eigenvalue weighted by Crippen LogP contribution is -2.63. The fourth-order valence-corrected chi connectivity index (χ4v) is 9.39. The van der Waals surface area contributed by atoms with Crippen LogP contribution in [0.1, 0.15) is 65.7 Å². The number of aliphatic hydroxyl groups is 2. The summed E-state index contributed by atoms with van der Waals surface area (Å²) in [5.74, 6) is 0.327. The van der Waals surface area contributed by atoms with Crippen LogP contribution in [-0.4, -0.2) is 70.6 Å². The number of methoxy groups -OCH3 is 1. The van der Waals surface area contributed by atoms with E-state index in [1.54, 1.807) is 17.8 Å². The summed E-state index contributed by atoms with van der Waals surface area (Å²) in [6, 6.07) is 0. The Bertz CT molecular complexity index is 993. The van der Waals surface area contributed by atoms with Gasteiger partial charge in [0.25, 0.3) is 0 Å². The molecule has 0 aromatic heterocycles. The predicted octanol–water partition coefficient (Wildman–Crippen LogP) is 2.87. The van der Waals surface area contributed by atoms with E-state index in [1.165, 1.54) is 14.0 Å². The average Bonchev–Trinajstić information content (AvgIpc) is 3.11. The van der Waals surface area contributed by atoms with Crippen molar-refractivity contribution in [1.82, 2.24) is 0 Å². The molecule has 0 amide bonds. The molecule has 2 N–H and O–H groups in total. The number of thioether (sulfide) groups is 1. The third kappa shape index (κ3) is 4.80. The normalized spacial score (nSPS) is 40.6. The Hall–Kier alpha value is -1.71. The number of allylic oxidation sites excluding steroid dienone is 1. The van der Waals surface area contributed by atoms with Crippen molar-refractivity contribution in [3.63, 3.8) is 0 Å². The van der Waals surface area contributed by atoms with E-state index in [2.05, 4.69) is 6.92 Å². The number of ether oxygens (including phenoxy) is 2. The Balaban J connectivity index is 1.63. The minimum absolute atomic E-state index is 0.0192. The zero-order valence-electron chi connectivity index (χ0n) is 22.3. The molecule has 9 heteroatoms. The summed E-state index contributed by atoms with van der Waals surface area (Å²) in [6.07, 6.45) is 4.51. The van der Waals surface area contributed by atoms with Gasteiger partial charge in [-0.05, 0) is 73.0 Å². The largest absolute Gasteiger partial charge is 0.469 e. The first-order valence-electron chi connectivity index (χ1n) is 13.3. The van der Waals surface area contributed by atoms with E-state index in [1.807, 2.05) is 6.92 Å². The topological polar surface area (TPSA) is 127 Å². The Kier molecular flexibility index (Phi) is 8.00. The molecule has 4 aliphatic carbocycles. The summed E-state index contributed by atoms with van der Waals surface area (Å²) in [7, 11) is 1.38. The number of hydrogen-bond acceptors (Lipinski definition) is 9. The molecule has 0 aromatic rings. The summed E-state index contributed by atoms with van der Waals surface area (Å²) < 4.78 is 9.70. The molecule has 0 heterocycles. The van der Waals surface area contributed by atoms with Crippen molar-refractivity contribution in [3.05, 3.63) is 11.6 Å². The first-order valence-corrected chi connectivity index (χ1v) is 14.5. The van der Waals surface area contributed by atoms with E-state index >= 15 is 0 Å². The third-order valence-corrected chi connectivity index (χ3v) is 11.2. The van der Waals surface area contributed by atoms with Crippen molar-refractivity contribution >= 4 is 35.3 Å². The van der Waals surface area contributed by atoms with Crippen molar-refractivity contribution in [2.45, 2.75) is 77.4 Å². The van der Waals surface area contributed by atoms with Crippen LogP contribution in [0.25, 0.3) is 0 Å². The molecule has 8 atom stereocenters. The van der Waals surface area contributed by atoms with Crippen LogP contribution < -0.4 is 0 Å². The first kappa shape index (κ1) is 28.3. The Labute approximate surface area is 222 Å². The molecule has 0 saturated heterocycles. The smallest absolute Gasteiger partial charge is 0.306 e. The van der Waals surface area contributed by atoms with Crippen molar-refractivity contribution in [2.75, 3.05) is 25.2 Å². The van der Waals surface area contributed by atoms with Gasteiger partial charge in [0, 0.05) is 24.5 Å². The molecular weight excluding hydrogens is 496 g/mol. The van der Waals surface area contributed by atoms with Crippen LogP contribution in [0.3, 0.4) is 0 Å². The molecule has 0 aromatic carbocycles. The maximum atomic E-state index is 13.1. The molecular formula is C28H40O8S. The fourth-order valence-electron chi connectivity index (χ4n) is 8.31. The molecule has 37 heavy (non-hydrogen) atoms. The van der Waals surface area contributed by atoms with Gasteiger partial charge in [0.05, 0.1) is 19.6 Å². The van der Waals surface area contributed by atoms with Crippen LogP contribution in [0.4, 0.5) is 0 Å². The number of fused-ring (bicyclic) bond motifs is 5. The van der Waals surface area contributed by atoms with Crippen LogP contribution >= 0.6 is 11.8 Å². The van der Waals surface area contributed by atoms with Gasteiger partial charge in [-0.3, -0.25) is 19.2 Å². The molecule has 3 fully saturated rings. The van der Waals surface area contributed by atoms with E-state index in [9.17, 15) is 29.4 Å². The van der Waals surface area contributed by atoms with Gasteiger partial charge in [-0.25, -0.2) is 0 Å². The highest BCUT2D eigenvalue weighted by Gasteiger charge is 2.69. The molecule has 0 radical (unpaired) electrons. The molecule has 4 unspecified atom stereocenters. The molecule has 0 aliphatic heterocycles. The highest BCUT2D eigenvalue weighted by molar-refractivity contribution is 7.99. The van der Waals surface area contributed by atoms with Crippen molar-refractivity contribution < 1.29 is 38.9 Å². The fraction of sp³-hybridized carbons (Fsp3) is 0.786. The SMILES string of the molecule is COC(=O)CCSCC1CC2C([C@@H](O)C[C@@]3(C)C2CC[C@]3(O)C(=O)COC(C)=O)[C@@]2(C)CCC(=O)C=C12. The molecule has 8 nitrogen and oxygen atoms in total. The van der Waals surface area contributed by atoms with Gasteiger partial charge in [0.1, 0.15) is 5.60 Å². The molecule has 206 valence electrons. The lowest BCUT2D eigenvalue weighted by molar-refractivity contribution is -0.186.